The third kappa shape index (κ3) is 3.87. The Morgan fingerprint density at radius 1 is 0.630 bits per heavy atom. The van der Waals surface area contributed by atoms with Crippen LogP contribution in [0.4, 0.5) is 0 Å². The monoisotopic (exact) mass is 374 g/mol. The van der Waals surface area contributed by atoms with Gasteiger partial charge in [-0.25, -0.2) is 0 Å². The van der Waals surface area contributed by atoms with Gasteiger partial charge in [0.05, 0.1) is 0 Å². The van der Waals surface area contributed by atoms with Gasteiger partial charge in [-0.15, -0.1) is 0 Å². The van der Waals surface area contributed by atoms with Crippen LogP contribution in [0.1, 0.15) is 23.0 Å². The Morgan fingerprint density at radius 3 is 1.33 bits per heavy atom. The average Bonchev–Trinajstić information content (AvgIpc) is 2.57. The van der Waals surface area contributed by atoms with Gasteiger partial charge >= 0.3 is 23.9 Å². The summed E-state index contributed by atoms with van der Waals surface area (Å²) in [5.41, 5.74) is -0.611. The third-order valence-electron chi connectivity index (χ3n) is 3.89. The molecule has 0 bridgehead atoms. The van der Waals surface area contributed by atoms with Gasteiger partial charge in [-0.05, 0) is 23.3 Å². The highest BCUT2D eigenvalue weighted by atomic mass is 16.4. The van der Waals surface area contributed by atoms with E-state index in [1.54, 1.807) is 30.3 Å². The fourth-order valence-corrected chi connectivity index (χ4v) is 2.66. The van der Waals surface area contributed by atoms with Gasteiger partial charge < -0.3 is 25.5 Å². The van der Waals surface area contributed by atoms with E-state index in [-0.39, 0.29) is 5.56 Å². The first-order chi connectivity index (χ1) is 12.6. The Morgan fingerprint density at radius 2 is 1.00 bits per heavy atom. The highest BCUT2D eigenvalue weighted by Crippen LogP contribution is 2.38. The maximum atomic E-state index is 11.4. The summed E-state index contributed by atoms with van der Waals surface area (Å²) in [4.78, 5) is 45.5. The van der Waals surface area contributed by atoms with Crippen molar-refractivity contribution in [2.75, 3.05) is 0 Å². The van der Waals surface area contributed by atoms with E-state index in [0.29, 0.717) is 5.56 Å². The molecule has 0 aromatic heterocycles. The molecule has 0 spiro atoms. The van der Waals surface area contributed by atoms with Crippen molar-refractivity contribution >= 4 is 23.9 Å². The summed E-state index contributed by atoms with van der Waals surface area (Å²) in [6.45, 7) is 0. The van der Waals surface area contributed by atoms with Crippen LogP contribution in [-0.4, -0.2) is 49.4 Å². The van der Waals surface area contributed by atoms with Crippen LogP contribution in [0, 0.1) is 0 Å². The van der Waals surface area contributed by atoms with E-state index in [4.69, 9.17) is 0 Å². The number of carbonyl (C=O) groups is 4. The smallest absolute Gasteiger partial charge is 0.322 e. The van der Waals surface area contributed by atoms with Crippen molar-refractivity contribution in [2.24, 2.45) is 0 Å². The van der Waals surface area contributed by atoms with E-state index in [1.165, 1.54) is 0 Å². The average molecular weight is 374 g/mol. The molecule has 2 aromatic carbocycles. The van der Waals surface area contributed by atoms with Crippen LogP contribution in [0.5, 0.6) is 5.75 Å². The maximum absolute atomic E-state index is 11.4. The van der Waals surface area contributed by atoms with Crippen molar-refractivity contribution in [3.05, 3.63) is 53.6 Å². The van der Waals surface area contributed by atoms with Gasteiger partial charge in [0.2, 0.25) is 0 Å². The minimum Gasteiger partial charge on any atom is -0.507 e. The Balaban J connectivity index is 2.86. The molecule has 0 heterocycles. The van der Waals surface area contributed by atoms with Gasteiger partial charge in [0, 0.05) is 11.1 Å². The Labute approximate surface area is 151 Å². The van der Waals surface area contributed by atoms with E-state index in [2.05, 4.69) is 0 Å². The standard InChI is InChI=1S/C18H14O9/c19-14-10(12(15(20)21)16(22)23)6-9(8-4-2-1-3-5-8)7-11(14)13(17(24)25)18(26)27/h1-7,12-13,19H,(H,20,21)(H,22,23)(H,24,25)(H,26,27). The van der Waals surface area contributed by atoms with Gasteiger partial charge in [-0.2, -0.15) is 0 Å². The number of rotatable bonds is 7. The molecule has 9 heteroatoms. The lowest BCUT2D eigenvalue weighted by atomic mass is 9.87. The fourth-order valence-electron chi connectivity index (χ4n) is 2.66. The molecule has 0 unspecified atom stereocenters. The molecule has 0 fully saturated rings. The van der Waals surface area contributed by atoms with Crippen molar-refractivity contribution in [1.82, 2.24) is 0 Å². The zero-order valence-corrected chi connectivity index (χ0v) is 13.6. The molecule has 27 heavy (non-hydrogen) atoms. The lowest BCUT2D eigenvalue weighted by Crippen LogP contribution is -2.24. The van der Waals surface area contributed by atoms with Gasteiger partial charge in [-0.3, -0.25) is 19.2 Å². The second-order valence-corrected chi connectivity index (χ2v) is 5.59. The maximum Gasteiger partial charge on any atom is 0.322 e. The molecular weight excluding hydrogens is 360 g/mol. The third-order valence-corrected chi connectivity index (χ3v) is 3.89. The summed E-state index contributed by atoms with van der Waals surface area (Å²) in [6.07, 6.45) is 0. The molecule has 2 aromatic rings. The summed E-state index contributed by atoms with van der Waals surface area (Å²) >= 11 is 0. The van der Waals surface area contributed by atoms with Crippen molar-refractivity contribution in [3.63, 3.8) is 0 Å². The zero-order valence-electron chi connectivity index (χ0n) is 13.6. The van der Waals surface area contributed by atoms with E-state index in [0.717, 1.165) is 12.1 Å². The molecule has 0 aliphatic carbocycles. The molecule has 2 rings (SSSR count). The first-order valence-electron chi connectivity index (χ1n) is 7.48. The number of hydrogen-bond acceptors (Lipinski definition) is 5. The SMILES string of the molecule is O=C(O)C(C(=O)O)c1cc(-c2ccccc2)cc(C(C(=O)O)C(=O)O)c1O. The zero-order chi connectivity index (χ0) is 20.3. The predicted molar refractivity (Wildman–Crippen MR) is 89.6 cm³/mol. The normalized spacial score (nSPS) is 10.7. The largest absolute Gasteiger partial charge is 0.507 e. The lowest BCUT2D eigenvalue weighted by Gasteiger charge is -2.18. The molecular formula is C18H14O9. The van der Waals surface area contributed by atoms with E-state index in [9.17, 15) is 44.7 Å². The molecule has 140 valence electrons. The number of aromatic hydroxyl groups is 1. The number of hydrogen-bond donors (Lipinski definition) is 5. The summed E-state index contributed by atoms with van der Waals surface area (Å²) in [7, 11) is 0. The number of aliphatic carboxylic acids is 4. The number of carboxylic acids is 4. The summed E-state index contributed by atoms with van der Waals surface area (Å²) < 4.78 is 0. The Bertz CT molecular complexity index is 837. The second-order valence-electron chi connectivity index (χ2n) is 5.59. The van der Waals surface area contributed by atoms with Crippen molar-refractivity contribution in [3.8, 4) is 16.9 Å². The van der Waals surface area contributed by atoms with Crippen LogP contribution in [0.25, 0.3) is 11.1 Å². The molecule has 0 aliphatic rings. The Hall–Kier alpha value is -3.88. The van der Waals surface area contributed by atoms with Crippen LogP contribution in [0.3, 0.4) is 0 Å². The number of carboxylic acid groups (broad SMARTS) is 4. The van der Waals surface area contributed by atoms with Gasteiger partial charge in [0.25, 0.3) is 0 Å². The van der Waals surface area contributed by atoms with Gasteiger partial charge in [0.1, 0.15) is 5.75 Å². The van der Waals surface area contributed by atoms with Gasteiger partial charge in [0.15, 0.2) is 11.8 Å². The lowest BCUT2D eigenvalue weighted by molar-refractivity contribution is -0.151. The molecule has 0 saturated carbocycles. The minimum absolute atomic E-state index is 0.165. The van der Waals surface area contributed by atoms with Crippen LogP contribution in [-0.2, 0) is 19.2 Å². The molecule has 0 atom stereocenters. The summed E-state index contributed by atoms with van der Waals surface area (Å²) in [6, 6.07) is 10.3. The first-order valence-corrected chi connectivity index (χ1v) is 7.48. The van der Waals surface area contributed by atoms with E-state index in [1.807, 2.05) is 0 Å². The minimum atomic E-state index is -2.21. The quantitative estimate of drug-likeness (QED) is 0.451. The highest BCUT2D eigenvalue weighted by Gasteiger charge is 2.37. The molecule has 5 N–H and O–H groups in total. The number of phenols is 1. The van der Waals surface area contributed by atoms with Crippen LogP contribution in [0.15, 0.2) is 42.5 Å². The molecule has 0 saturated heterocycles. The molecule has 0 amide bonds. The number of benzene rings is 2. The van der Waals surface area contributed by atoms with Crippen LogP contribution < -0.4 is 0 Å². The molecule has 0 aliphatic heterocycles. The number of phenolic OH excluding ortho intramolecular Hbond substituents is 1. The summed E-state index contributed by atoms with van der Waals surface area (Å²) in [5.74, 6) is -12.6. The Kier molecular flexibility index (Phi) is 5.45. The topological polar surface area (TPSA) is 169 Å². The van der Waals surface area contributed by atoms with Gasteiger partial charge in [-0.1, -0.05) is 30.3 Å². The van der Waals surface area contributed by atoms with Crippen molar-refractivity contribution < 1.29 is 44.7 Å². The van der Waals surface area contributed by atoms with E-state index >= 15 is 0 Å². The van der Waals surface area contributed by atoms with Crippen molar-refractivity contribution in [1.29, 1.82) is 0 Å². The molecule has 9 nitrogen and oxygen atoms in total. The highest BCUT2D eigenvalue weighted by molar-refractivity contribution is 6.02. The van der Waals surface area contributed by atoms with Crippen LogP contribution >= 0.6 is 0 Å². The second kappa shape index (κ2) is 7.56. The first kappa shape index (κ1) is 19.4. The predicted octanol–water partition coefficient (Wildman–Crippen LogP) is 1.56. The fraction of sp³-hybridized carbons (Fsp3) is 0.111. The van der Waals surface area contributed by atoms with E-state index < -0.39 is 52.6 Å². The van der Waals surface area contributed by atoms with Crippen molar-refractivity contribution in [2.45, 2.75) is 11.8 Å². The summed E-state index contributed by atoms with van der Waals surface area (Å²) in [5, 5.41) is 47.2. The molecule has 0 radical (unpaired) electrons. The van der Waals surface area contributed by atoms with Crippen LogP contribution in [0.2, 0.25) is 0 Å².